The molecule has 5 aromatic rings. The van der Waals surface area contributed by atoms with Gasteiger partial charge in [0.05, 0.1) is 36.8 Å². The number of nitrogens with one attached hydrogen (secondary N) is 1. The number of urea groups is 1. The van der Waals surface area contributed by atoms with E-state index in [9.17, 15) is 4.79 Å². The molecule has 0 bridgehead atoms. The summed E-state index contributed by atoms with van der Waals surface area (Å²) in [7, 11) is 1.60. The number of hydrogen-bond donors (Lipinski definition) is 1. The number of amides is 2. The molecule has 0 unspecified atom stereocenters. The average molecular weight is 524 g/mol. The molecule has 8 heteroatoms. The fourth-order valence-electron chi connectivity index (χ4n) is 5.07. The number of carbonyl (C=O) groups excluding carboxylic acids is 1. The van der Waals surface area contributed by atoms with Gasteiger partial charge in [0.15, 0.2) is 0 Å². The van der Waals surface area contributed by atoms with E-state index in [1.165, 1.54) is 0 Å². The summed E-state index contributed by atoms with van der Waals surface area (Å²) in [6.07, 6.45) is 2.02. The molecule has 38 heavy (non-hydrogen) atoms. The van der Waals surface area contributed by atoms with Gasteiger partial charge in [-0.25, -0.2) is 9.48 Å². The molecule has 1 aliphatic rings. The summed E-state index contributed by atoms with van der Waals surface area (Å²) in [6.45, 7) is 2.34. The minimum Gasteiger partial charge on any atom is -0.497 e. The Morgan fingerprint density at radius 2 is 1.82 bits per heavy atom. The Kier molecular flexibility index (Phi) is 6.13. The van der Waals surface area contributed by atoms with Crippen LogP contribution in [0.1, 0.15) is 28.6 Å². The zero-order valence-corrected chi connectivity index (χ0v) is 21.8. The number of benzene rings is 3. The molecular weight excluding hydrogens is 498 g/mol. The average Bonchev–Trinajstić information content (AvgIpc) is 3.49. The number of methoxy groups -OCH3 is 1. The minimum atomic E-state index is -0.398. The van der Waals surface area contributed by atoms with Crippen LogP contribution in [0.3, 0.4) is 0 Å². The van der Waals surface area contributed by atoms with Gasteiger partial charge in [0.1, 0.15) is 11.6 Å². The van der Waals surface area contributed by atoms with Crippen LogP contribution in [0.5, 0.6) is 5.75 Å². The molecule has 1 aliphatic heterocycles. The Balaban J connectivity index is 1.52. The number of carbonyl (C=O) groups is 1. The van der Waals surface area contributed by atoms with Crippen LogP contribution in [0.25, 0.3) is 11.5 Å². The van der Waals surface area contributed by atoms with Crippen molar-refractivity contribution in [2.45, 2.75) is 19.5 Å². The zero-order valence-electron chi connectivity index (χ0n) is 21.0. The van der Waals surface area contributed by atoms with Crippen LogP contribution >= 0.6 is 11.6 Å². The summed E-state index contributed by atoms with van der Waals surface area (Å²) in [5, 5.41) is 8.59. The number of para-hydroxylation sites is 1. The fraction of sp³-hybridized carbons (Fsp3) is 0.133. The molecule has 2 amide bonds. The number of halogens is 1. The number of nitrogens with zero attached hydrogens (tertiary/aromatic N) is 4. The molecular formula is C30H26ClN5O2. The first-order valence-electron chi connectivity index (χ1n) is 12.3. The highest BCUT2D eigenvalue weighted by Crippen LogP contribution is 2.39. The molecule has 0 fully saturated rings. The van der Waals surface area contributed by atoms with Crippen molar-refractivity contribution in [1.29, 1.82) is 0 Å². The minimum absolute atomic E-state index is 0.240. The number of ether oxygens (including phenoxy) is 1. The van der Waals surface area contributed by atoms with E-state index in [1.54, 1.807) is 13.2 Å². The lowest BCUT2D eigenvalue weighted by molar-refractivity contribution is 0.194. The second kappa shape index (κ2) is 9.76. The number of rotatable bonds is 4. The van der Waals surface area contributed by atoms with E-state index >= 15 is 0 Å². The first-order chi connectivity index (χ1) is 18.5. The molecule has 3 aromatic carbocycles. The van der Waals surface area contributed by atoms with Crippen molar-refractivity contribution in [3.8, 4) is 17.3 Å². The summed E-state index contributed by atoms with van der Waals surface area (Å²) in [5.74, 6) is 1.58. The first-order valence-corrected chi connectivity index (χ1v) is 12.7. The van der Waals surface area contributed by atoms with Gasteiger partial charge in [-0.05, 0) is 61.0 Å². The lowest BCUT2D eigenvalue weighted by Gasteiger charge is -2.31. The predicted octanol–water partition coefficient (Wildman–Crippen LogP) is 6.77. The monoisotopic (exact) mass is 523 g/mol. The Bertz CT molecular complexity index is 1620. The molecule has 0 spiro atoms. The van der Waals surface area contributed by atoms with Crippen molar-refractivity contribution < 1.29 is 9.53 Å². The third kappa shape index (κ3) is 4.21. The maximum absolute atomic E-state index is 14.0. The van der Waals surface area contributed by atoms with Gasteiger partial charge in [-0.2, -0.15) is 5.10 Å². The van der Waals surface area contributed by atoms with E-state index in [0.29, 0.717) is 23.0 Å². The number of anilines is 1. The molecule has 0 aliphatic carbocycles. The van der Waals surface area contributed by atoms with Crippen molar-refractivity contribution in [2.24, 2.45) is 0 Å². The highest BCUT2D eigenvalue weighted by atomic mass is 35.5. The standard InChI is InChI=1S/C30H26ClN5O2/c1-20-26-19-35(30(37)32-23-11-7-14-25(18-23)38-2)28(21-9-6-10-22(31)17-21)27-15-8-16-34(27)29(26)36(33-20)24-12-4-3-5-13-24/h3-18,28H,19H2,1-2H3,(H,32,37)/t28-/m1/s1. The van der Waals surface area contributed by atoms with Crippen LogP contribution in [0.4, 0.5) is 10.5 Å². The number of hydrogen-bond acceptors (Lipinski definition) is 3. The second-order valence-electron chi connectivity index (χ2n) is 9.19. The van der Waals surface area contributed by atoms with Gasteiger partial charge in [0, 0.05) is 28.5 Å². The molecule has 0 saturated heterocycles. The number of fused-ring (bicyclic) bond motifs is 3. The summed E-state index contributed by atoms with van der Waals surface area (Å²) >= 11 is 6.44. The van der Waals surface area contributed by atoms with Gasteiger partial charge in [0.25, 0.3) is 0 Å². The molecule has 0 radical (unpaired) electrons. The SMILES string of the molecule is COc1cccc(NC(=O)N2Cc3c(C)nn(-c4ccccc4)c3-n3cccc3[C@H]2c2cccc(Cl)c2)c1. The smallest absolute Gasteiger partial charge is 0.322 e. The second-order valence-corrected chi connectivity index (χ2v) is 9.62. The molecule has 7 nitrogen and oxygen atoms in total. The molecule has 1 N–H and O–H groups in total. The normalized spacial score (nSPS) is 14.4. The molecule has 190 valence electrons. The third-order valence-corrected chi connectivity index (χ3v) is 7.07. The number of aromatic nitrogens is 3. The van der Waals surface area contributed by atoms with Crippen molar-refractivity contribution >= 4 is 23.3 Å². The van der Waals surface area contributed by atoms with Gasteiger partial charge in [-0.15, -0.1) is 0 Å². The maximum Gasteiger partial charge on any atom is 0.322 e. The highest BCUT2D eigenvalue weighted by molar-refractivity contribution is 6.30. The fourth-order valence-corrected chi connectivity index (χ4v) is 5.27. The van der Waals surface area contributed by atoms with Gasteiger partial charge in [-0.3, -0.25) is 0 Å². The van der Waals surface area contributed by atoms with Crippen molar-refractivity contribution in [1.82, 2.24) is 19.2 Å². The molecule has 3 heterocycles. The van der Waals surface area contributed by atoms with E-state index in [-0.39, 0.29) is 6.03 Å². The quantitative estimate of drug-likeness (QED) is 0.283. The summed E-state index contributed by atoms with van der Waals surface area (Å²) in [6, 6.07) is 28.5. The van der Waals surface area contributed by atoms with E-state index < -0.39 is 6.04 Å². The van der Waals surface area contributed by atoms with Crippen LogP contribution in [0.2, 0.25) is 5.02 Å². The molecule has 6 rings (SSSR count). The Morgan fingerprint density at radius 1 is 1.00 bits per heavy atom. The predicted molar refractivity (Wildman–Crippen MR) is 148 cm³/mol. The Labute approximate surface area is 225 Å². The Morgan fingerprint density at radius 3 is 2.61 bits per heavy atom. The summed E-state index contributed by atoms with van der Waals surface area (Å²) < 4.78 is 9.44. The van der Waals surface area contributed by atoms with Crippen LogP contribution in [0, 0.1) is 6.92 Å². The van der Waals surface area contributed by atoms with E-state index in [4.69, 9.17) is 21.4 Å². The van der Waals surface area contributed by atoms with Crippen LogP contribution in [0.15, 0.2) is 97.2 Å². The van der Waals surface area contributed by atoms with E-state index in [1.807, 2.05) is 108 Å². The maximum atomic E-state index is 14.0. The van der Waals surface area contributed by atoms with Crippen molar-refractivity contribution in [3.05, 3.63) is 125 Å². The summed E-state index contributed by atoms with van der Waals surface area (Å²) in [4.78, 5) is 15.9. The van der Waals surface area contributed by atoms with Gasteiger partial charge in [-0.1, -0.05) is 48.0 Å². The van der Waals surface area contributed by atoms with Gasteiger partial charge < -0.3 is 19.5 Å². The van der Waals surface area contributed by atoms with Crippen molar-refractivity contribution in [3.63, 3.8) is 0 Å². The topological polar surface area (TPSA) is 64.3 Å². The third-order valence-electron chi connectivity index (χ3n) is 6.83. The zero-order chi connectivity index (χ0) is 26.2. The summed E-state index contributed by atoms with van der Waals surface area (Å²) in [5.41, 5.74) is 5.27. The van der Waals surface area contributed by atoms with Crippen LogP contribution in [-0.4, -0.2) is 32.4 Å². The van der Waals surface area contributed by atoms with Crippen LogP contribution < -0.4 is 10.1 Å². The number of aryl methyl sites for hydroxylation is 1. The largest absolute Gasteiger partial charge is 0.497 e. The molecule has 1 atom stereocenters. The molecule has 2 aromatic heterocycles. The van der Waals surface area contributed by atoms with E-state index in [2.05, 4.69) is 9.88 Å². The Hall–Kier alpha value is -4.49. The highest BCUT2D eigenvalue weighted by Gasteiger charge is 2.36. The lowest BCUT2D eigenvalue weighted by atomic mass is 10.0. The lowest BCUT2D eigenvalue weighted by Crippen LogP contribution is -2.38. The first kappa shape index (κ1) is 23.9. The molecule has 0 saturated carbocycles. The van der Waals surface area contributed by atoms with Gasteiger partial charge >= 0.3 is 6.03 Å². The van der Waals surface area contributed by atoms with Crippen molar-refractivity contribution in [2.75, 3.05) is 12.4 Å². The van der Waals surface area contributed by atoms with Crippen LogP contribution in [-0.2, 0) is 6.54 Å². The van der Waals surface area contributed by atoms with E-state index in [0.717, 1.165) is 34.0 Å². The van der Waals surface area contributed by atoms with Gasteiger partial charge in [0.2, 0.25) is 0 Å².